The first-order valence-corrected chi connectivity index (χ1v) is 22.0. The van der Waals surface area contributed by atoms with Gasteiger partial charge in [-0.2, -0.15) is 15.0 Å². The lowest BCUT2D eigenvalue weighted by molar-refractivity contribution is -0.143. The van der Waals surface area contributed by atoms with Gasteiger partial charge in [-0.25, -0.2) is 22.0 Å². The number of aromatic nitrogens is 3. The Morgan fingerprint density at radius 2 is 1.68 bits per heavy atom. The smallest absolute Gasteiger partial charge is 0.407 e. The van der Waals surface area contributed by atoms with Crippen molar-refractivity contribution in [2.75, 3.05) is 13.2 Å². The minimum Gasteiger partial charge on any atom is -0.449 e. The molecule has 5 atom stereocenters. The van der Waals surface area contributed by atoms with Gasteiger partial charge in [0.15, 0.2) is 0 Å². The number of cyclic esters (lactones) is 1. The van der Waals surface area contributed by atoms with Crippen molar-refractivity contribution in [2.45, 2.75) is 115 Å². The summed E-state index contributed by atoms with van der Waals surface area (Å²) in [5.41, 5.74) is 0.0818. The van der Waals surface area contributed by atoms with Crippen molar-refractivity contribution in [3.05, 3.63) is 66.2 Å². The SMILES string of the molecule is CC1(C)CCC/C=C/c2cccc(c2)-c2nn(nc2-c2ccccc2)C2C[C@@H](C(=O)N[C@@]3(C(=O)NS(=O)(=O)C4CC4)C[C@H]3C(F)F)N(C2)C(=O)[C@H](C(C)(C)C)NC(=O)OC1. The van der Waals surface area contributed by atoms with E-state index in [-0.39, 0.29) is 25.0 Å². The number of carbonyl (C=O) groups excluding carboxylic acids is 4. The van der Waals surface area contributed by atoms with Crippen LogP contribution in [0.5, 0.6) is 0 Å². The molecule has 322 valence electrons. The fraction of sp³-hybridized carbons (Fsp3) is 0.535. The maximum Gasteiger partial charge on any atom is 0.407 e. The Hall–Kier alpha value is -5.19. The fourth-order valence-electron chi connectivity index (χ4n) is 8.00. The standard InChI is InChI=1S/C43H53F2N7O7S/c1-41(2,3)35-38(54)51-24-29(22-32(51)37(53)47-43(23-31(43)36(44)45)39(55)50-60(57,58)30-18-19-30)52-48-33(27-15-9-6-10-16-27)34(49-52)28-17-12-14-26(21-28)13-8-7-11-20-42(4,5)25-59-40(56)46-35/h6,8-10,12-17,21,29-32,35-36H,7,11,18-20,22-25H2,1-5H3,(H,46,56)(H,47,53)(H,50,55)/b13-8+/t29?,31-,32-,35+,43-/m0/s1. The number of hydrogen-bond acceptors (Lipinski definition) is 9. The van der Waals surface area contributed by atoms with Gasteiger partial charge in [0.1, 0.15) is 29.0 Å². The summed E-state index contributed by atoms with van der Waals surface area (Å²) in [4.78, 5) is 59.0. The highest BCUT2D eigenvalue weighted by atomic mass is 32.2. The minimum absolute atomic E-state index is 0.0786. The summed E-state index contributed by atoms with van der Waals surface area (Å²) in [6.07, 6.45) is 2.70. The molecule has 14 nitrogen and oxygen atoms in total. The molecule has 60 heavy (non-hydrogen) atoms. The zero-order chi connectivity index (χ0) is 43.2. The van der Waals surface area contributed by atoms with Crippen LogP contribution >= 0.6 is 0 Å². The highest BCUT2D eigenvalue weighted by molar-refractivity contribution is 7.91. The molecule has 2 saturated carbocycles. The summed E-state index contributed by atoms with van der Waals surface area (Å²) >= 11 is 0. The first-order valence-electron chi connectivity index (χ1n) is 20.5. The van der Waals surface area contributed by atoms with Crippen molar-refractivity contribution in [1.82, 2.24) is 35.2 Å². The van der Waals surface area contributed by atoms with E-state index < -0.39 is 86.9 Å². The maximum atomic E-state index is 14.8. The molecule has 17 heteroatoms. The number of halogens is 2. The lowest BCUT2D eigenvalue weighted by Gasteiger charge is -2.35. The van der Waals surface area contributed by atoms with Crippen LogP contribution in [-0.4, -0.2) is 94.6 Å². The van der Waals surface area contributed by atoms with E-state index in [9.17, 15) is 36.4 Å². The van der Waals surface area contributed by atoms with Gasteiger partial charge in [0.05, 0.1) is 23.8 Å². The predicted octanol–water partition coefficient (Wildman–Crippen LogP) is 5.87. The zero-order valence-corrected chi connectivity index (χ0v) is 35.3. The molecule has 2 aromatic carbocycles. The van der Waals surface area contributed by atoms with Crippen LogP contribution in [0.3, 0.4) is 0 Å². The van der Waals surface area contributed by atoms with Crippen LogP contribution in [0.1, 0.15) is 91.2 Å². The van der Waals surface area contributed by atoms with Crippen LogP contribution in [0.2, 0.25) is 0 Å². The Bertz CT molecular complexity index is 2270. The third-order valence-electron chi connectivity index (χ3n) is 11.8. The lowest BCUT2D eigenvalue weighted by atomic mass is 9.85. The van der Waals surface area contributed by atoms with E-state index in [4.69, 9.17) is 14.9 Å². The zero-order valence-electron chi connectivity index (χ0n) is 34.5. The predicted molar refractivity (Wildman–Crippen MR) is 220 cm³/mol. The number of allylic oxidation sites excluding steroid dienone is 1. The molecule has 3 N–H and O–H groups in total. The van der Waals surface area contributed by atoms with Crippen molar-refractivity contribution in [2.24, 2.45) is 16.7 Å². The quantitative estimate of drug-likeness (QED) is 0.262. The number of nitrogens with one attached hydrogen (secondary N) is 3. The van der Waals surface area contributed by atoms with E-state index in [0.717, 1.165) is 36.0 Å². The summed E-state index contributed by atoms with van der Waals surface area (Å²) in [6, 6.07) is 13.9. The highest BCUT2D eigenvalue weighted by Crippen LogP contribution is 2.49. The number of sulfonamides is 1. The van der Waals surface area contributed by atoms with Crippen LogP contribution in [0.25, 0.3) is 28.6 Å². The second-order valence-corrected chi connectivity index (χ2v) is 20.3. The van der Waals surface area contributed by atoms with Crippen molar-refractivity contribution in [3.63, 3.8) is 0 Å². The van der Waals surface area contributed by atoms with Gasteiger partial charge in [0.2, 0.25) is 28.3 Å². The van der Waals surface area contributed by atoms with Gasteiger partial charge in [-0.15, -0.1) is 0 Å². The first kappa shape index (κ1) is 42.9. The van der Waals surface area contributed by atoms with Gasteiger partial charge >= 0.3 is 6.09 Å². The Labute approximate surface area is 348 Å². The molecular formula is C43H53F2N7O7S. The van der Waals surface area contributed by atoms with E-state index in [1.807, 2.05) is 79.2 Å². The van der Waals surface area contributed by atoms with Gasteiger partial charge in [0, 0.05) is 24.1 Å². The van der Waals surface area contributed by atoms with Crippen LogP contribution in [0.15, 0.2) is 60.7 Å². The number of benzene rings is 2. The van der Waals surface area contributed by atoms with E-state index in [1.165, 1.54) is 9.70 Å². The summed E-state index contributed by atoms with van der Waals surface area (Å²) in [7, 11) is -4.14. The minimum atomic E-state index is -4.14. The first-order chi connectivity index (χ1) is 28.3. The van der Waals surface area contributed by atoms with Crippen LogP contribution in [0, 0.1) is 16.7 Å². The fourth-order valence-corrected chi connectivity index (χ4v) is 9.36. The second-order valence-electron chi connectivity index (χ2n) is 18.4. The Morgan fingerprint density at radius 3 is 2.33 bits per heavy atom. The summed E-state index contributed by atoms with van der Waals surface area (Å²) in [6.45, 7) is 9.17. The van der Waals surface area contributed by atoms with Crippen molar-refractivity contribution >= 4 is 39.9 Å². The lowest BCUT2D eigenvalue weighted by Crippen LogP contribution is -2.60. The van der Waals surface area contributed by atoms with E-state index in [2.05, 4.69) is 16.7 Å². The van der Waals surface area contributed by atoms with Crippen LogP contribution < -0.4 is 15.4 Å². The Morgan fingerprint density at radius 1 is 1.00 bits per heavy atom. The average molecular weight is 850 g/mol. The van der Waals surface area contributed by atoms with Crippen molar-refractivity contribution in [1.29, 1.82) is 0 Å². The number of alkyl carbamates (subject to hydrolysis) is 1. The molecule has 4 amide bonds. The number of ether oxygens (including phenoxy) is 1. The van der Waals surface area contributed by atoms with Crippen LogP contribution in [-0.2, 0) is 29.1 Å². The monoisotopic (exact) mass is 849 g/mol. The third-order valence-corrected chi connectivity index (χ3v) is 13.6. The van der Waals surface area contributed by atoms with Crippen LogP contribution in [0.4, 0.5) is 13.6 Å². The number of fused-ring (bicyclic) bond motifs is 8. The molecule has 0 spiro atoms. The molecule has 3 fully saturated rings. The highest BCUT2D eigenvalue weighted by Gasteiger charge is 2.67. The molecule has 3 aromatic rings. The van der Waals surface area contributed by atoms with Gasteiger partial charge in [-0.1, -0.05) is 95.3 Å². The summed E-state index contributed by atoms with van der Waals surface area (Å²) in [5.74, 6) is -4.50. The molecule has 0 radical (unpaired) electrons. The molecule has 1 saturated heterocycles. The normalized spacial score (nSPS) is 26.6. The number of rotatable bonds is 7. The van der Waals surface area contributed by atoms with E-state index in [0.29, 0.717) is 24.2 Å². The Kier molecular flexibility index (Phi) is 11.7. The molecule has 1 unspecified atom stereocenters. The molecular weight excluding hydrogens is 797 g/mol. The molecule has 4 aliphatic rings. The van der Waals surface area contributed by atoms with Gasteiger partial charge in [-0.3, -0.25) is 19.1 Å². The molecule has 2 aliphatic carbocycles. The average Bonchev–Trinajstić information content (AvgIpc) is 4.09. The topological polar surface area (TPSA) is 182 Å². The molecule has 2 aliphatic heterocycles. The largest absolute Gasteiger partial charge is 0.449 e. The number of hydrogen-bond donors (Lipinski definition) is 3. The Balaban J connectivity index is 1.29. The maximum absolute atomic E-state index is 14.8. The number of nitrogens with zero attached hydrogens (tertiary/aromatic N) is 4. The van der Waals surface area contributed by atoms with Gasteiger partial charge < -0.3 is 20.3 Å². The molecule has 1 aromatic heterocycles. The number of alkyl halides is 2. The third kappa shape index (κ3) is 9.25. The van der Waals surface area contributed by atoms with Gasteiger partial charge in [0.25, 0.3) is 5.91 Å². The molecule has 6 bridgehead atoms. The van der Waals surface area contributed by atoms with E-state index in [1.54, 1.807) is 20.8 Å². The molecule has 7 rings (SSSR count). The summed E-state index contributed by atoms with van der Waals surface area (Å²) in [5, 5.41) is 14.3. The number of carbonyl (C=O) groups is 4. The molecule has 3 heterocycles. The van der Waals surface area contributed by atoms with Crippen molar-refractivity contribution in [3.8, 4) is 22.5 Å². The van der Waals surface area contributed by atoms with Crippen molar-refractivity contribution < 1.29 is 41.1 Å². The van der Waals surface area contributed by atoms with Gasteiger partial charge in [-0.05, 0) is 61.0 Å². The van der Waals surface area contributed by atoms with E-state index >= 15 is 0 Å². The second kappa shape index (κ2) is 16.3. The summed E-state index contributed by atoms with van der Waals surface area (Å²) < 4.78 is 61.7. The number of amides is 4.